The van der Waals surface area contributed by atoms with Gasteiger partial charge in [0.2, 0.25) is 0 Å². The zero-order valence-corrected chi connectivity index (χ0v) is 20.6. The van der Waals surface area contributed by atoms with E-state index in [4.69, 9.17) is 5.73 Å². The van der Waals surface area contributed by atoms with Crippen molar-refractivity contribution in [2.45, 2.75) is 61.9 Å². The Morgan fingerprint density at radius 1 is 1.21 bits per heavy atom. The second-order valence-corrected chi connectivity index (χ2v) is 10.7. The first-order valence-electron chi connectivity index (χ1n) is 11.0. The lowest BCUT2D eigenvalue weighted by Crippen LogP contribution is -2.42. The van der Waals surface area contributed by atoms with Crippen LogP contribution in [0.5, 0.6) is 0 Å². The molecule has 3 heterocycles. The average molecular weight is 489 g/mol. The number of hydrogen-bond acceptors (Lipinski definition) is 8. The molecule has 1 unspecified atom stereocenters. The van der Waals surface area contributed by atoms with E-state index < -0.39 is 22.3 Å². The number of thioether (sulfide) groups is 1. The minimum atomic E-state index is -0.680. The van der Waals surface area contributed by atoms with Crippen LogP contribution in [0.1, 0.15) is 66.1 Å². The molecule has 0 bridgehead atoms. The Hall–Kier alpha value is -2.66. The summed E-state index contributed by atoms with van der Waals surface area (Å²) in [5.41, 5.74) is 4.59. The molecule has 2 N–H and O–H groups in total. The third-order valence-electron chi connectivity index (χ3n) is 6.20. The van der Waals surface area contributed by atoms with E-state index in [-0.39, 0.29) is 11.4 Å². The van der Waals surface area contributed by atoms with Gasteiger partial charge in [0.25, 0.3) is 5.56 Å². The van der Waals surface area contributed by atoms with Gasteiger partial charge in [-0.05, 0) is 31.2 Å². The van der Waals surface area contributed by atoms with Gasteiger partial charge in [0, 0.05) is 31.4 Å². The van der Waals surface area contributed by atoms with Crippen LogP contribution in [0.4, 0.5) is 5.82 Å². The van der Waals surface area contributed by atoms with Gasteiger partial charge in [-0.15, -0.1) is 21.5 Å². The lowest BCUT2D eigenvalue weighted by Gasteiger charge is -2.26. The third-order valence-corrected chi connectivity index (χ3v) is 8.13. The van der Waals surface area contributed by atoms with Crippen LogP contribution in [0.15, 0.2) is 32.3 Å². The molecule has 1 aliphatic carbocycles. The maximum absolute atomic E-state index is 13.3. The molecule has 1 atom stereocenters. The van der Waals surface area contributed by atoms with Crippen LogP contribution >= 0.6 is 23.1 Å². The molecule has 0 radical (unpaired) electrons. The van der Waals surface area contributed by atoms with Crippen LogP contribution in [0.25, 0.3) is 0 Å². The van der Waals surface area contributed by atoms with Gasteiger partial charge in [-0.3, -0.25) is 18.7 Å². The number of Topliss-reactive ketones (excluding diaryl/α,β-unsaturated/α-hetero) is 1. The highest BCUT2D eigenvalue weighted by atomic mass is 32.2. The number of carbonyl (C=O) groups is 1. The Morgan fingerprint density at radius 3 is 2.61 bits per heavy atom. The third kappa shape index (κ3) is 4.56. The Morgan fingerprint density at radius 2 is 1.94 bits per heavy atom. The molecule has 11 heteroatoms. The van der Waals surface area contributed by atoms with Crippen molar-refractivity contribution in [3.63, 3.8) is 0 Å². The summed E-state index contributed by atoms with van der Waals surface area (Å²) in [6.07, 6.45) is 6.35. The van der Waals surface area contributed by atoms with Gasteiger partial charge in [0.05, 0.1) is 5.25 Å². The largest absolute Gasteiger partial charge is 0.384 e. The summed E-state index contributed by atoms with van der Waals surface area (Å²) in [7, 11) is 2.79. The predicted molar refractivity (Wildman–Crippen MR) is 130 cm³/mol. The SMILES string of the molecule is CC(Sc1nnc(Cc2cccs2)n1C1CCCCC1)C(=O)c1c(N)n(C)c(=O)n(C)c1=O. The summed E-state index contributed by atoms with van der Waals surface area (Å²) >= 11 is 2.97. The summed E-state index contributed by atoms with van der Waals surface area (Å²) in [6.45, 7) is 1.73. The Kier molecular flexibility index (Phi) is 6.89. The minimum Gasteiger partial charge on any atom is -0.384 e. The van der Waals surface area contributed by atoms with Gasteiger partial charge in [-0.25, -0.2) is 4.79 Å². The molecule has 0 aliphatic heterocycles. The molecule has 1 fully saturated rings. The summed E-state index contributed by atoms with van der Waals surface area (Å²) in [5.74, 6) is 0.350. The molecule has 4 rings (SSSR count). The fraction of sp³-hybridized carbons (Fsp3) is 0.500. The number of nitrogens with zero attached hydrogens (tertiary/aromatic N) is 5. The maximum Gasteiger partial charge on any atom is 0.332 e. The maximum atomic E-state index is 13.3. The fourth-order valence-corrected chi connectivity index (χ4v) is 5.99. The quantitative estimate of drug-likeness (QED) is 0.401. The molecule has 3 aromatic heterocycles. The Labute approximate surface area is 199 Å². The Bertz CT molecular complexity index is 1270. The molecular formula is C22H28N6O3S2. The van der Waals surface area contributed by atoms with Gasteiger partial charge in [-0.2, -0.15) is 0 Å². The zero-order valence-electron chi connectivity index (χ0n) is 19.0. The van der Waals surface area contributed by atoms with Crippen LogP contribution in [-0.2, 0) is 20.5 Å². The molecule has 0 aromatic carbocycles. The number of rotatable bonds is 7. The smallest absolute Gasteiger partial charge is 0.332 e. The lowest BCUT2D eigenvalue weighted by molar-refractivity contribution is 0.0992. The van der Waals surface area contributed by atoms with Gasteiger partial charge in [0.1, 0.15) is 17.2 Å². The number of aromatic nitrogens is 5. The van der Waals surface area contributed by atoms with Crippen LogP contribution < -0.4 is 17.0 Å². The van der Waals surface area contributed by atoms with Crippen molar-refractivity contribution in [1.29, 1.82) is 0 Å². The standard InChI is InChI=1S/C22H28N6O3S2/c1-13(18(29)17-19(23)26(2)22(31)27(3)20(17)30)33-21-25-24-16(12-15-10-7-11-32-15)28(21)14-8-5-4-6-9-14/h7,10-11,13-14H,4-6,8-9,12,23H2,1-3H3. The van der Waals surface area contributed by atoms with E-state index in [0.717, 1.165) is 40.6 Å². The Balaban J connectivity index is 1.66. The molecule has 176 valence electrons. The van der Waals surface area contributed by atoms with Gasteiger partial charge in [0.15, 0.2) is 10.9 Å². The normalized spacial score (nSPS) is 15.6. The number of nitrogen functional groups attached to an aromatic ring is 1. The number of nitrogens with two attached hydrogens (primary N) is 1. The topological polar surface area (TPSA) is 118 Å². The summed E-state index contributed by atoms with van der Waals surface area (Å²) in [6, 6.07) is 4.40. The van der Waals surface area contributed by atoms with Crippen molar-refractivity contribution >= 4 is 34.7 Å². The molecule has 0 amide bonds. The second-order valence-electron chi connectivity index (χ2n) is 8.41. The minimum absolute atomic E-state index is 0.118. The average Bonchev–Trinajstić information content (AvgIpc) is 3.47. The lowest BCUT2D eigenvalue weighted by atomic mass is 9.95. The van der Waals surface area contributed by atoms with E-state index in [1.807, 2.05) is 11.4 Å². The van der Waals surface area contributed by atoms with Crippen LogP contribution in [0.3, 0.4) is 0 Å². The highest BCUT2D eigenvalue weighted by Crippen LogP contribution is 2.35. The van der Waals surface area contributed by atoms with Crippen LogP contribution in [0.2, 0.25) is 0 Å². The van der Waals surface area contributed by atoms with E-state index in [9.17, 15) is 14.4 Å². The first-order chi connectivity index (χ1) is 15.8. The van der Waals surface area contributed by atoms with Crippen molar-refractivity contribution in [3.8, 4) is 0 Å². The van der Waals surface area contributed by atoms with Crippen molar-refractivity contribution in [3.05, 3.63) is 54.6 Å². The van der Waals surface area contributed by atoms with E-state index >= 15 is 0 Å². The predicted octanol–water partition coefficient (Wildman–Crippen LogP) is 2.78. The van der Waals surface area contributed by atoms with Gasteiger partial charge >= 0.3 is 5.69 Å². The number of hydrogen-bond donors (Lipinski definition) is 1. The van der Waals surface area contributed by atoms with Crippen LogP contribution in [-0.4, -0.2) is 34.9 Å². The molecular weight excluding hydrogens is 460 g/mol. The monoisotopic (exact) mass is 488 g/mol. The zero-order chi connectivity index (χ0) is 23.7. The molecule has 1 saturated carbocycles. The van der Waals surface area contributed by atoms with Crippen molar-refractivity contribution in [2.24, 2.45) is 14.1 Å². The van der Waals surface area contributed by atoms with E-state index in [1.54, 1.807) is 18.3 Å². The highest BCUT2D eigenvalue weighted by Gasteiger charge is 2.29. The summed E-state index contributed by atoms with van der Waals surface area (Å²) < 4.78 is 4.22. The number of thiophene rings is 1. The summed E-state index contributed by atoms with van der Waals surface area (Å²) in [5, 5.41) is 11.0. The first-order valence-corrected chi connectivity index (χ1v) is 12.8. The number of ketones is 1. The molecule has 1 aliphatic rings. The second kappa shape index (κ2) is 9.68. The van der Waals surface area contributed by atoms with Gasteiger partial charge in [-0.1, -0.05) is 37.1 Å². The van der Waals surface area contributed by atoms with Crippen molar-refractivity contribution in [2.75, 3.05) is 5.73 Å². The molecule has 3 aromatic rings. The summed E-state index contributed by atoms with van der Waals surface area (Å²) in [4.78, 5) is 39.3. The van der Waals surface area contributed by atoms with Crippen LogP contribution in [0, 0.1) is 0 Å². The van der Waals surface area contributed by atoms with E-state index in [2.05, 4.69) is 20.8 Å². The molecule has 9 nitrogen and oxygen atoms in total. The van der Waals surface area contributed by atoms with Gasteiger partial charge < -0.3 is 10.3 Å². The number of carbonyl (C=O) groups excluding carboxylic acids is 1. The van der Waals surface area contributed by atoms with Crippen molar-refractivity contribution < 1.29 is 4.79 Å². The first kappa shape index (κ1) is 23.5. The van der Waals surface area contributed by atoms with Crippen molar-refractivity contribution in [1.82, 2.24) is 23.9 Å². The molecule has 0 spiro atoms. The van der Waals surface area contributed by atoms with E-state index in [0.29, 0.717) is 17.6 Å². The van der Waals surface area contributed by atoms with E-state index in [1.165, 1.54) is 37.2 Å². The molecule has 0 saturated heterocycles. The highest BCUT2D eigenvalue weighted by molar-refractivity contribution is 8.00. The molecule has 33 heavy (non-hydrogen) atoms. The number of anilines is 1. The fourth-order valence-electron chi connectivity index (χ4n) is 4.29.